The van der Waals surface area contributed by atoms with Crippen molar-refractivity contribution in [1.82, 2.24) is 30.2 Å². The number of hydrogen-bond acceptors (Lipinski definition) is 5. The molecule has 180 valence electrons. The molecule has 0 atom stereocenters. The van der Waals surface area contributed by atoms with Gasteiger partial charge in [0.2, 0.25) is 0 Å². The standard InChI is InChI=1S/C28H26N6O2/c1-2-3-13-26-29-17-25(22-11-7-8-12-23(22)28(35)36)34(26)18-19-14-15-21(20-9-5-4-6-10-20)24(16-19)27-30-32-33-31-27/h4-12,14-17H,2-3,13,18H2,1H3,(H,35,36)(H,30,31,32,33). The van der Waals surface area contributed by atoms with Gasteiger partial charge in [-0.15, -0.1) is 5.10 Å². The molecule has 5 aromatic rings. The average molecular weight is 479 g/mol. The zero-order valence-corrected chi connectivity index (χ0v) is 19.9. The average Bonchev–Trinajstić information content (AvgIpc) is 3.58. The first kappa shape index (κ1) is 23.2. The number of aromatic amines is 1. The molecule has 3 aromatic carbocycles. The third kappa shape index (κ3) is 4.65. The summed E-state index contributed by atoms with van der Waals surface area (Å²) in [7, 11) is 0. The fourth-order valence-electron chi connectivity index (χ4n) is 4.44. The van der Waals surface area contributed by atoms with Gasteiger partial charge in [0.05, 0.1) is 17.5 Å². The van der Waals surface area contributed by atoms with Gasteiger partial charge in [-0.25, -0.2) is 14.9 Å². The van der Waals surface area contributed by atoms with E-state index in [1.54, 1.807) is 18.3 Å². The number of hydrogen-bond donors (Lipinski definition) is 2. The van der Waals surface area contributed by atoms with Crippen molar-refractivity contribution in [3.05, 3.63) is 95.9 Å². The second-order valence-corrected chi connectivity index (χ2v) is 8.60. The molecule has 0 unspecified atom stereocenters. The van der Waals surface area contributed by atoms with Crippen molar-refractivity contribution in [2.24, 2.45) is 0 Å². The van der Waals surface area contributed by atoms with Crippen LogP contribution in [0.3, 0.4) is 0 Å². The van der Waals surface area contributed by atoms with Gasteiger partial charge in [-0.2, -0.15) is 0 Å². The number of unbranched alkanes of at least 4 members (excludes halogenated alkanes) is 1. The number of rotatable bonds is 9. The van der Waals surface area contributed by atoms with E-state index >= 15 is 0 Å². The number of benzene rings is 3. The van der Waals surface area contributed by atoms with Crippen LogP contribution in [0.15, 0.2) is 79.0 Å². The number of aryl methyl sites for hydroxylation is 1. The monoisotopic (exact) mass is 478 g/mol. The maximum atomic E-state index is 11.9. The van der Waals surface area contributed by atoms with E-state index in [1.165, 1.54) is 0 Å². The van der Waals surface area contributed by atoms with Crippen LogP contribution in [-0.2, 0) is 13.0 Å². The van der Waals surface area contributed by atoms with Gasteiger partial charge in [0.1, 0.15) is 5.82 Å². The topological polar surface area (TPSA) is 110 Å². The number of carboxylic acids is 1. The second kappa shape index (κ2) is 10.4. The van der Waals surface area contributed by atoms with Crippen LogP contribution in [0, 0.1) is 0 Å². The lowest BCUT2D eigenvalue weighted by Crippen LogP contribution is -2.09. The smallest absolute Gasteiger partial charge is 0.336 e. The van der Waals surface area contributed by atoms with E-state index in [0.717, 1.165) is 53.0 Å². The molecule has 2 heterocycles. The molecule has 8 heteroatoms. The molecule has 0 saturated carbocycles. The summed E-state index contributed by atoms with van der Waals surface area (Å²) < 4.78 is 2.12. The van der Waals surface area contributed by atoms with Crippen molar-refractivity contribution in [1.29, 1.82) is 0 Å². The quantitative estimate of drug-likeness (QED) is 0.290. The zero-order chi connectivity index (χ0) is 24.9. The highest BCUT2D eigenvalue weighted by atomic mass is 16.4. The number of aromatic carboxylic acids is 1. The molecular formula is C28H26N6O2. The van der Waals surface area contributed by atoms with Gasteiger partial charge in [-0.3, -0.25) is 0 Å². The van der Waals surface area contributed by atoms with Crippen molar-refractivity contribution < 1.29 is 9.90 Å². The molecule has 0 aliphatic rings. The van der Waals surface area contributed by atoms with Crippen molar-refractivity contribution in [2.45, 2.75) is 32.7 Å². The minimum atomic E-state index is -0.958. The normalized spacial score (nSPS) is 11.0. The van der Waals surface area contributed by atoms with Crippen molar-refractivity contribution >= 4 is 5.97 Å². The minimum Gasteiger partial charge on any atom is -0.478 e. The van der Waals surface area contributed by atoms with E-state index in [1.807, 2.05) is 30.3 Å². The molecule has 2 N–H and O–H groups in total. The van der Waals surface area contributed by atoms with E-state index in [0.29, 0.717) is 17.9 Å². The number of nitrogens with zero attached hydrogens (tertiary/aromatic N) is 5. The predicted octanol–water partition coefficient (Wildman–Crippen LogP) is 5.49. The van der Waals surface area contributed by atoms with Gasteiger partial charge in [0.15, 0.2) is 5.82 Å². The Morgan fingerprint density at radius 1 is 0.972 bits per heavy atom. The highest BCUT2D eigenvalue weighted by molar-refractivity contribution is 5.95. The predicted molar refractivity (Wildman–Crippen MR) is 137 cm³/mol. The van der Waals surface area contributed by atoms with Gasteiger partial charge >= 0.3 is 5.97 Å². The first-order chi connectivity index (χ1) is 17.7. The molecule has 0 bridgehead atoms. The Labute approximate surface area is 208 Å². The van der Waals surface area contributed by atoms with Crippen LogP contribution in [0.5, 0.6) is 0 Å². The molecule has 2 aromatic heterocycles. The largest absolute Gasteiger partial charge is 0.478 e. The van der Waals surface area contributed by atoms with Crippen LogP contribution in [0.2, 0.25) is 0 Å². The maximum Gasteiger partial charge on any atom is 0.336 e. The molecule has 5 rings (SSSR count). The summed E-state index contributed by atoms with van der Waals surface area (Å²) in [5.74, 6) is 0.562. The summed E-state index contributed by atoms with van der Waals surface area (Å²) >= 11 is 0. The fourth-order valence-corrected chi connectivity index (χ4v) is 4.44. The number of carbonyl (C=O) groups is 1. The van der Waals surface area contributed by atoms with Crippen LogP contribution in [0.4, 0.5) is 0 Å². The van der Waals surface area contributed by atoms with Crippen LogP contribution < -0.4 is 0 Å². The summed E-state index contributed by atoms with van der Waals surface area (Å²) in [5, 5.41) is 24.4. The highest BCUT2D eigenvalue weighted by Gasteiger charge is 2.19. The van der Waals surface area contributed by atoms with Crippen LogP contribution in [0.25, 0.3) is 33.8 Å². The second-order valence-electron chi connectivity index (χ2n) is 8.60. The van der Waals surface area contributed by atoms with Crippen molar-refractivity contribution in [3.63, 3.8) is 0 Å². The molecular weight excluding hydrogens is 452 g/mol. The molecule has 0 fully saturated rings. The Morgan fingerprint density at radius 2 is 1.78 bits per heavy atom. The van der Waals surface area contributed by atoms with E-state index in [-0.39, 0.29) is 5.56 Å². The number of nitrogens with one attached hydrogen (secondary N) is 1. The first-order valence-corrected chi connectivity index (χ1v) is 11.9. The maximum absolute atomic E-state index is 11.9. The van der Waals surface area contributed by atoms with Crippen LogP contribution in [0.1, 0.15) is 41.5 Å². The van der Waals surface area contributed by atoms with Crippen molar-refractivity contribution in [2.75, 3.05) is 0 Å². The summed E-state index contributed by atoms with van der Waals surface area (Å²) in [6, 6.07) is 23.4. The summed E-state index contributed by atoms with van der Waals surface area (Å²) in [6.45, 7) is 2.68. The molecule has 36 heavy (non-hydrogen) atoms. The molecule has 0 aliphatic carbocycles. The number of tetrazole rings is 1. The van der Waals surface area contributed by atoms with Crippen molar-refractivity contribution in [3.8, 4) is 33.8 Å². The molecule has 0 saturated heterocycles. The first-order valence-electron chi connectivity index (χ1n) is 11.9. The minimum absolute atomic E-state index is 0.258. The fraction of sp³-hybridized carbons (Fsp3) is 0.179. The Bertz CT molecular complexity index is 1480. The molecule has 0 spiro atoms. The third-order valence-corrected chi connectivity index (χ3v) is 6.24. The Kier molecular flexibility index (Phi) is 6.66. The van der Waals surface area contributed by atoms with Gasteiger partial charge < -0.3 is 9.67 Å². The van der Waals surface area contributed by atoms with Gasteiger partial charge in [0.25, 0.3) is 0 Å². The number of carboxylic acid groups (broad SMARTS) is 1. The summed E-state index contributed by atoms with van der Waals surface area (Å²) in [6.07, 6.45) is 4.64. The lowest BCUT2D eigenvalue weighted by atomic mass is 9.97. The molecule has 0 radical (unpaired) electrons. The number of H-pyrrole nitrogens is 1. The van der Waals surface area contributed by atoms with E-state index in [4.69, 9.17) is 4.98 Å². The lowest BCUT2D eigenvalue weighted by Gasteiger charge is -2.16. The Balaban J connectivity index is 1.61. The van der Waals surface area contributed by atoms with Crippen LogP contribution in [-0.4, -0.2) is 41.3 Å². The van der Waals surface area contributed by atoms with Gasteiger partial charge in [0, 0.05) is 24.1 Å². The lowest BCUT2D eigenvalue weighted by molar-refractivity contribution is 0.0697. The van der Waals surface area contributed by atoms with Crippen LogP contribution >= 0.6 is 0 Å². The summed E-state index contributed by atoms with van der Waals surface area (Å²) in [5.41, 5.74) is 5.71. The SMILES string of the molecule is CCCCc1ncc(-c2ccccc2C(=O)O)n1Cc1ccc(-c2ccccc2)c(-c2nnn[nH]2)c1. The Morgan fingerprint density at radius 3 is 2.53 bits per heavy atom. The molecule has 0 amide bonds. The van der Waals surface area contributed by atoms with E-state index in [9.17, 15) is 9.90 Å². The molecule has 0 aliphatic heterocycles. The number of imidazole rings is 1. The Hall–Kier alpha value is -4.59. The van der Waals surface area contributed by atoms with Gasteiger partial charge in [-0.1, -0.05) is 74.0 Å². The highest BCUT2D eigenvalue weighted by Crippen LogP contribution is 2.32. The third-order valence-electron chi connectivity index (χ3n) is 6.24. The van der Waals surface area contributed by atoms with E-state index < -0.39 is 5.97 Å². The molecule has 8 nitrogen and oxygen atoms in total. The van der Waals surface area contributed by atoms with Gasteiger partial charge in [-0.05, 0) is 45.7 Å². The number of aromatic nitrogens is 6. The summed E-state index contributed by atoms with van der Waals surface area (Å²) in [4.78, 5) is 16.6. The zero-order valence-electron chi connectivity index (χ0n) is 19.9. The van der Waals surface area contributed by atoms with E-state index in [2.05, 4.69) is 62.4 Å².